The highest BCUT2D eigenvalue weighted by atomic mass is 19.2. The van der Waals surface area contributed by atoms with Crippen LogP contribution in [-0.4, -0.2) is 37.0 Å². The first-order chi connectivity index (χ1) is 11.5. The second-order valence-corrected chi connectivity index (χ2v) is 5.84. The van der Waals surface area contributed by atoms with Gasteiger partial charge in [-0.3, -0.25) is 4.79 Å². The van der Waals surface area contributed by atoms with Crippen molar-refractivity contribution in [3.8, 4) is 0 Å². The zero-order valence-electron chi connectivity index (χ0n) is 13.2. The fourth-order valence-corrected chi connectivity index (χ4v) is 2.78. The number of amides is 1. The molecule has 126 valence electrons. The number of hydrogen-bond donors (Lipinski definition) is 0. The molecule has 24 heavy (non-hydrogen) atoms. The fraction of sp³-hybridized carbons (Fsp3) is 0.278. The van der Waals surface area contributed by atoms with Gasteiger partial charge in [-0.1, -0.05) is 17.7 Å². The molecule has 6 heteroatoms. The molecule has 1 saturated heterocycles. The van der Waals surface area contributed by atoms with E-state index in [1.165, 1.54) is 10.5 Å². The predicted octanol–water partition coefficient (Wildman–Crippen LogP) is 3.37. The van der Waals surface area contributed by atoms with Crippen LogP contribution in [0.15, 0.2) is 36.4 Å². The maximum Gasteiger partial charge on any atom is 0.257 e. The molecule has 0 spiro atoms. The van der Waals surface area contributed by atoms with Crippen molar-refractivity contribution in [1.29, 1.82) is 0 Å². The van der Waals surface area contributed by atoms with Crippen LogP contribution >= 0.6 is 0 Å². The lowest BCUT2D eigenvalue weighted by Gasteiger charge is -2.36. The molecule has 1 aliphatic rings. The van der Waals surface area contributed by atoms with E-state index >= 15 is 0 Å². The SMILES string of the molecule is Cc1ccc(N2CCN(C(=O)c3ccc(F)c(F)c3F)CC2)cc1. The molecule has 0 unspecified atom stereocenters. The van der Waals surface area contributed by atoms with Crippen LogP contribution < -0.4 is 4.90 Å². The highest BCUT2D eigenvalue weighted by molar-refractivity contribution is 5.94. The molecule has 0 aliphatic carbocycles. The average molecular weight is 334 g/mol. The highest BCUT2D eigenvalue weighted by Crippen LogP contribution is 2.20. The lowest BCUT2D eigenvalue weighted by molar-refractivity contribution is 0.0740. The van der Waals surface area contributed by atoms with Gasteiger partial charge in [0.2, 0.25) is 0 Å². The van der Waals surface area contributed by atoms with Gasteiger partial charge in [0.05, 0.1) is 5.56 Å². The molecule has 3 rings (SSSR count). The molecule has 2 aromatic carbocycles. The van der Waals surface area contributed by atoms with Gasteiger partial charge in [-0.15, -0.1) is 0 Å². The first-order valence-corrected chi connectivity index (χ1v) is 7.72. The Labute approximate surface area is 138 Å². The number of benzene rings is 2. The van der Waals surface area contributed by atoms with Crippen LogP contribution in [0, 0.1) is 24.4 Å². The van der Waals surface area contributed by atoms with Crippen LogP contribution in [0.2, 0.25) is 0 Å². The first kappa shape index (κ1) is 16.4. The van der Waals surface area contributed by atoms with Gasteiger partial charge in [-0.25, -0.2) is 13.2 Å². The van der Waals surface area contributed by atoms with Gasteiger partial charge in [-0.05, 0) is 31.2 Å². The first-order valence-electron chi connectivity index (χ1n) is 7.72. The van der Waals surface area contributed by atoms with Crippen LogP contribution in [0.5, 0.6) is 0 Å². The van der Waals surface area contributed by atoms with Crippen molar-refractivity contribution in [3.63, 3.8) is 0 Å². The molecular formula is C18H17F3N2O. The number of rotatable bonds is 2. The van der Waals surface area contributed by atoms with Gasteiger partial charge < -0.3 is 9.80 Å². The third-order valence-corrected chi connectivity index (χ3v) is 4.23. The van der Waals surface area contributed by atoms with Gasteiger partial charge in [0.15, 0.2) is 17.5 Å². The molecule has 0 radical (unpaired) electrons. The topological polar surface area (TPSA) is 23.6 Å². The Morgan fingerprint density at radius 1 is 0.875 bits per heavy atom. The Kier molecular flexibility index (Phi) is 4.46. The summed E-state index contributed by atoms with van der Waals surface area (Å²) in [5, 5.41) is 0. The van der Waals surface area contributed by atoms with E-state index in [-0.39, 0.29) is 0 Å². The Bertz CT molecular complexity index is 754. The molecule has 0 aromatic heterocycles. The maximum absolute atomic E-state index is 13.8. The van der Waals surface area contributed by atoms with E-state index in [0.29, 0.717) is 26.2 Å². The minimum atomic E-state index is -1.61. The Morgan fingerprint density at radius 3 is 2.12 bits per heavy atom. The summed E-state index contributed by atoms with van der Waals surface area (Å²) in [6.07, 6.45) is 0. The van der Waals surface area contributed by atoms with Crippen LogP contribution in [0.1, 0.15) is 15.9 Å². The van der Waals surface area contributed by atoms with E-state index in [4.69, 9.17) is 0 Å². The van der Waals surface area contributed by atoms with Gasteiger partial charge >= 0.3 is 0 Å². The molecule has 1 heterocycles. The molecule has 1 fully saturated rings. The lowest BCUT2D eigenvalue weighted by atomic mass is 10.1. The third-order valence-electron chi connectivity index (χ3n) is 4.23. The number of nitrogens with zero attached hydrogens (tertiary/aromatic N) is 2. The second kappa shape index (κ2) is 6.55. The van der Waals surface area contributed by atoms with Crippen molar-refractivity contribution in [3.05, 3.63) is 65.0 Å². The fourth-order valence-electron chi connectivity index (χ4n) is 2.78. The summed E-state index contributed by atoms with van der Waals surface area (Å²) in [5.41, 5.74) is 1.80. The summed E-state index contributed by atoms with van der Waals surface area (Å²) < 4.78 is 40.1. The van der Waals surface area contributed by atoms with E-state index in [9.17, 15) is 18.0 Å². The van der Waals surface area contributed by atoms with Crippen molar-refractivity contribution in [2.24, 2.45) is 0 Å². The van der Waals surface area contributed by atoms with E-state index in [2.05, 4.69) is 4.90 Å². The Morgan fingerprint density at radius 2 is 1.50 bits per heavy atom. The zero-order chi connectivity index (χ0) is 17.3. The second-order valence-electron chi connectivity index (χ2n) is 5.84. The Balaban J connectivity index is 1.69. The molecule has 3 nitrogen and oxygen atoms in total. The number of halogens is 3. The third kappa shape index (κ3) is 3.09. The molecule has 1 aliphatic heterocycles. The van der Waals surface area contributed by atoms with Crippen LogP contribution in [0.25, 0.3) is 0 Å². The van der Waals surface area contributed by atoms with E-state index in [0.717, 1.165) is 17.8 Å². The smallest absolute Gasteiger partial charge is 0.257 e. The van der Waals surface area contributed by atoms with E-state index < -0.39 is 28.9 Å². The maximum atomic E-state index is 13.8. The van der Waals surface area contributed by atoms with Crippen LogP contribution in [0.3, 0.4) is 0 Å². The molecule has 0 bridgehead atoms. The number of carbonyl (C=O) groups excluding carboxylic acids is 1. The molecular weight excluding hydrogens is 317 g/mol. The van der Waals surface area contributed by atoms with Gasteiger partial charge in [0, 0.05) is 31.9 Å². The number of piperazine rings is 1. The van der Waals surface area contributed by atoms with Crippen molar-refractivity contribution in [1.82, 2.24) is 4.90 Å². The quantitative estimate of drug-likeness (QED) is 0.786. The summed E-state index contributed by atoms with van der Waals surface area (Å²) in [7, 11) is 0. The molecule has 1 amide bonds. The lowest BCUT2D eigenvalue weighted by Crippen LogP contribution is -2.49. The minimum Gasteiger partial charge on any atom is -0.368 e. The standard InChI is InChI=1S/C18H17F3N2O/c1-12-2-4-13(5-3-12)22-8-10-23(11-9-22)18(24)14-6-7-15(19)17(21)16(14)20/h2-7H,8-11H2,1H3. The minimum absolute atomic E-state index is 0.394. The number of anilines is 1. The number of hydrogen-bond acceptors (Lipinski definition) is 2. The summed E-state index contributed by atoms with van der Waals surface area (Å²) >= 11 is 0. The molecule has 0 N–H and O–H groups in total. The van der Waals surface area contributed by atoms with E-state index in [1.54, 1.807) is 0 Å². The Hall–Kier alpha value is -2.50. The zero-order valence-corrected chi connectivity index (χ0v) is 13.2. The predicted molar refractivity (Wildman–Crippen MR) is 85.6 cm³/mol. The molecule has 2 aromatic rings. The number of aryl methyl sites for hydroxylation is 1. The average Bonchev–Trinajstić information content (AvgIpc) is 2.60. The largest absolute Gasteiger partial charge is 0.368 e. The van der Waals surface area contributed by atoms with Crippen molar-refractivity contribution >= 4 is 11.6 Å². The van der Waals surface area contributed by atoms with Gasteiger partial charge in [0.25, 0.3) is 5.91 Å². The van der Waals surface area contributed by atoms with Gasteiger partial charge in [0.1, 0.15) is 0 Å². The van der Waals surface area contributed by atoms with Gasteiger partial charge in [-0.2, -0.15) is 0 Å². The summed E-state index contributed by atoms with van der Waals surface area (Å²) in [6.45, 7) is 3.99. The molecule has 0 saturated carbocycles. The molecule has 0 atom stereocenters. The number of carbonyl (C=O) groups is 1. The monoisotopic (exact) mass is 334 g/mol. The van der Waals surface area contributed by atoms with Crippen molar-refractivity contribution < 1.29 is 18.0 Å². The summed E-state index contributed by atoms with van der Waals surface area (Å²) in [5.74, 6) is -4.96. The summed E-state index contributed by atoms with van der Waals surface area (Å²) in [6, 6.07) is 9.83. The van der Waals surface area contributed by atoms with E-state index in [1.807, 2.05) is 31.2 Å². The van der Waals surface area contributed by atoms with Crippen LogP contribution in [-0.2, 0) is 0 Å². The normalized spacial score (nSPS) is 14.8. The van der Waals surface area contributed by atoms with Crippen LogP contribution in [0.4, 0.5) is 18.9 Å². The van der Waals surface area contributed by atoms with Crippen molar-refractivity contribution in [2.45, 2.75) is 6.92 Å². The summed E-state index contributed by atoms with van der Waals surface area (Å²) in [4.78, 5) is 15.9. The van der Waals surface area contributed by atoms with Crippen molar-refractivity contribution in [2.75, 3.05) is 31.1 Å². The highest BCUT2D eigenvalue weighted by Gasteiger charge is 2.26.